The van der Waals surface area contributed by atoms with Gasteiger partial charge in [-0.1, -0.05) is 0 Å². The molecule has 0 aliphatic heterocycles. The number of carboxylic acids is 1. The van der Waals surface area contributed by atoms with Gasteiger partial charge in [0.25, 0.3) is 0 Å². The molecular weight excluding hydrogens is 234 g/mol. The molecular formula is C12H17N3O3. The normalized spacial score (nSPS) is 10.9. The highest BCUT2D eigenvalue weighted by Gasteiger charge is 2.10. The summed E-state index contributed by atoms with van der Waals surface area (Å²) in [4.78, 5) is 23.2. The van der Waals surface area contributed by atoms with Gasteiger partial charge < -0.3 is 10.0 Å². The van der Waals surface area contributed by atoms with E-state index >= 15 is 0 Å². The summed E-state index contributed by atoms with van der Waals surface area (Å²) in [7, 11) is 3.28. The van der Waals surface area contributed by atoms with Crippen molar-refractivity contribution in [2.75, 3.05) is 13.6 Å². The number of carbonyl (C=O) groups is 2. The maximum absolute atomic E-state index is 11.6. The average Bonchev–Trinajstić information content (AvgIpc) is 2.49. The van der Waals surface area contributed by atoms with Gasteiger partial charge in [-0.25, -0.2) is 0 Å². The van der Waals surface area contributed by atoms with E-state index in [2.05, 4.69) is 5.10 Å². The van der Waals surface area contributed by atoms with Crippen molar-refractivity contribution in [3.8, 4) is 0 Å². The van der Waals surface area contributed by atoms with Crippen molar-refractivity contribution < 1.29 is 14.7 Å². The number of aliphatic carboxylic acids is 1. The van der Waals surface area contributed by atoms with E-state index in [9.17, 15) is 9.59 Å². The third-order valence-electron chi connectivity index (χ3n) is 2.71. The Bertz CT molecular complexity index is 503. The van der Waals surface area contributed by atoms with Crippen molar-refractivity contribution in [2.45, 2.75) is 13.8 Å². The maximum atomic E-state index is 11.6. The number of nitrogens with zero attached hydrogens (tertiary/aromatic N) is 3. The Hall–Kier alpha value is -2.11. The molecule has 0 saturated carbocycles. The van der Waals surface area contributed by atoms with Crippen LogP contribution in [0.25, 0.3) is 6.08 Å². The van der Waals surface area contributed by atoms with Crippen LogP contribution in [0.1, 0.15) is 17.0 Å². The minimum absolute atomic E-state index is 0.311. The van der Waals surface area contributed by atoms with Crippen molar-refractivity contribution in [3.05, 3.63) is 23.0 Å². The molecule has 0 atom stereocenters. The topological polar surface area (TPSA) is 75.4 Å². The van der Waals surface area contributed by atoms with Crippen LogP contribution in [0.4, 0.5) is 0 Å². The van der Waals surface area contributed by atoms with Crippen LogP contribution in [0.2, 0.25) is 0 Å². The van der Waals surface area contributed by atoms with Gasteiger partial charge in [0.2, 0.25) is 5.91 Å². The highest BCUT2D eigenvalue weighted by Crippen LogP contribution is 2.13. The summed E-state index contributed by atoms with van der Waals surface area (Å²) in [5.41, 5.74) is 2.67. The van der Waals surface area contributed by atoms with E-state index in [0.717, 1.165) is 21.9 Å². The lowest BCUT2D eigenvalue weighted by Gasteiger charge is -2.11. The predicted molar refractivity (Wildman–Crippen MR) is 67.0 cm³/mol. The molecule has 0 saturated heterocycles. The molecule has 0 spiro atoms. The van der Waals surface area contributed by atoms with Gasteiger partial charge in [-0.2, -0.15) is 5.10 Å². The minimum Gasteiger partial charge on any atom is -0.480 e. The summed E-state index contributed by atoms with van der Waals surface area (Å²) >= 11 is 0. The molecule has 0 unspecified atom stereocenters. The summed E-state index contributed by atoms with van der Waals surface area (Å²) in [6, 6.07) is 0. The Balaban J connectivity index is 2.81. The number of aromatic nitrogens is 2. The summed E-state index contributed by atoms with van der Waals surface area (Å²) in [6.07, 6.45) is 3.03. The number of aryl methyl sites for hydroxylation is 2. The highest BCUT2D eigenvalue weighted by atomic mass is 16.4. The van der Waals surface area contributed by atoms with Gasteiger partial charge in [-0.05, 0) is 19.9 Å². The number of amides is 1. The van der Waals surface area contributed by atoms with Gasteiger partial charge >= 0.3 is 5.97 Å². The lowest BCUT2D eigenvalue weighted by atomic mass is 10.2. The van der Waals surface area contributed by atoms with E-state index in [1.807, 2.05) is 20.9 Å². The summed E-state index contributed by atoms with van der Waals surface area (Å²) in [5.74, 6) is -1.38. The molecule has 0 bridgehead atoms. The number of likely N-dealkylation sites (N-methyl/N-ethyl adjacent to an activating group) is 1. The second kappa shape index (κ2) is 5.48. The molecule has 0 radical (unpaired) electrons. The Morgan fingerprint density at radius 1 is 1.44 bits per heavy atom. The number of carbonyl (C=O) groups excluding carboxylic acids is 1. The Morgan fingerprint density at radius 3 is 2.50 bits per heavy atom. The molecule has 6 nitrogen and oxygen atoms in total. The molecule has 98 valence electrons. The van der Waals surface area contributed by atoms with Crippen LogP contribution in [-0.4, -0.2) is 45.3 Å². The lowest BCUT2D eigenvalue weighted by molar-refractivity contribution is -0.141. The predicted octanol–water partition coefficient (Wildman–Crippen LogP) is 0.593. The second-order valence-corrected chi connectivity index (χ2v) is 4.13. The number of hydrogen-bond acceptors (Lipinski definition) is 3. The molecule has 1 aromatic rings. The summed E-state index contributed by atoms with van der Waals surface area (Å²) in [6.45, 7) is 3.46. The van der Waals surface area contributed by atoms with E-state index in [0.29, 0.717) is 0 Å². The zero-order valence-electron chi connectivity index (χ0n) is 11.0. The van der Waals surface area contributed by atoms with E-state index < -0.39 is 5.97 Å². The molecule has 0 aliphatic rings. The van der Waals surface area contributed by atoms with Crippen LogP contribution in [0.3, 0.4) is 0 Å². The molecule has 0 aliphatic carbocycles. The third-order valence-corrected chi connectivity index (χ3v) is 2.71. The van der Waals surface area contributed by atoms with Crippen LogP contribution in [0.5, 0.6) is 0 Å². The number of rotatable bonds is 4. The fourth-order valence-electron chi connectivity index (χ4n) is 1.59. The van der Waals surface area contributed by atoms with Crippen molar-refractivity contribution in [2.24, 2.45) is 7.05 Å². The second-order valence-electron chi connectivity index (χ2n) is 4.13. The first-order chi connectivity index (χ1) is 8.32. The first-order valence-electron chi connectivity index (χ1n) is 5.48. The zero-order valence-corrected chi connectivity index (χ0v) is 11.0. The molecule has 1 heterocycles. The highest BCUT2D eigenvalue weighted by molar-refractivity contribution is 5.93. The molecule has 1 amide bonds. The summed E-state index contributed by atoms with van der Waals surface area (Å²) in [5, 5.41) is 12.8. The van der Waals surface area contributed by atoms with E-state index in [1.165, 1.54) is 13.1 Å². The minimum atomic E-state index is -1.03. The number of hydrogen-bond donors (Lipinski definition) is 1. The number of carboxylic acid groups (broad SMARTS) is 1. The molecule has 0 fully saturated rings. The van der Waals surface area contributed by atoms with Gasteiger partial charge in [0, 0.05) is 31.4 Å². The van der Waals surface area contributed by atoms with E-state index in [4.69, 9.17) is 5.11 Å². The van der Waals surface area contributed by atoms with Gasteiger partial charge in [0.1, 0.15) is 6.54 Å². The summed E-state index contributed by atoms with van der Waals surface area (Å²) < 4.78 is 1.74. The first-order valence-corrected chi connectivity index (χ1v) is 5.48. The fourth-order valence-corrected chi connectivity index (χ4v) is 1.59. The van der Waals surface area contributed by atoms with Crippen LogP contribution >= 0.6 is 0 Å². The van der Waals surface area contributed by atoms with E-state index in [-0.39, 0.29) is 12.5 Å². The third kappa shape index (κ3) is 3.19. The SMILES string of the molecule is Cc1nn(C)c(C)c1/C=C/C(=O)N(C)CC(=O)O. The van der Waals surface area contributed by atoms with Crippen LogP contribution in [-0.2, 0) is 16.6 Å². The monoisotopic (exact) mass is 251 g/mol. The molecule has 18 heavy (non-hydrogen) atoms. The van der Waals surface area contributed by atoms with Crippen LogP contribution in [0.15, 0.2) is 6.08 Å². The average molecular weight is 251 g/mol. The van der Waals surface area contributed by atoms with E-state index in [1.54, 1.807) is 10.8 Å². The first kappa shape index (κ1) is 14.0. The lowest BCUT2D eigenvalue weighted by Crippen LogP contribution is -2.30. The fraction of sp³-hybridized carbons (Fsp3) is 0.417. The molecule has 1 aromatic heterocycles. The molecule has 0 aromatic carbocycles. The van der Waals surface area contributed by atoms with Crippen molar-refractivity contribution in [1.29, 1.82) is 0 Å². The molecule has 6 heteroatoms. The molecule has 1 N–H and O–H groups in total. The van der Waals surface area contributed by atoms with Gasteiger partial charge in [-0.15, -0.1) is 0 Å². The van der Waals surface area contributed by atoms with Gasteiger partial charge in [0.05, 0.1) is 5.69 Å². The largest absolute Gasteiger partial charge is 0.480 e. The van der Waals surface area contributed by atoms with Gasteiger partial charge in [-0.3, -0.25) is 14.3 Å². The van der Waals surface area contributed by atoms with Crippen molar-refractivity contribution in [1.82, 2.24) is 14.7 Å². The molecule has 1 rings (SSSR count). The maximum Gasteiger partial charge on any atom is 0.323 e. The van der Waals surface area contributed by atoms with Gasteiger partial charge in [0.15, 0.2) is 0 Å². The Kier molecular flexibility index (Phi) is 4.25. The quantitative estimate of drug-likeness (QED) is 0.795. The Morgan fingerprint density at radius 2 is 2.06 bits per heavy atom. The van der Waals surface area contributed by atoms with Crippen LogP contribution in [0, 0.1) is 13.8 Å². The van der Waals surface area contributed by atoms with Crippen molar-refractivity contribution >= 4 is 18.0 Å². The van der Waals surface area contributed by atoms with Crippen LogP contribution < -0.4 is 0 Å². The standard InChI is InChI=1S/C12H17N3O3/c1-8-10(9(2)15(4)13-8)5-6-11(16)14(3)7-12(17)18/h5-6H,7H2,1-4H3,(H,17,18)/b6-5+. The van der Waals surface area contributed by atoms with Crippen molar-refractivity contribution in [3.63, 3.8) is 0 Å². The zero-order chi connectivity index (χ0) is 13.9. The smallest absolute Gasteiger partial charge is 0.323 e. The Labute approximate surface area is 106 Å².